The largest absolute Gasteiger partial charge is 0.344 e. The van der Waals surface area contributed by atoms with E-state index in [0.717, 1.165) is 17.5 Å². The molecule has 0 saturated heterocycles. The fraction of sp³-hybridized carbons (Fsp3) is 0.300. The topological polar surface area (TPSA) is 46.3 Å². The number of benzene rings is 1. The quantitative estimate of drug-likeness (QED) is 0.691. The summed E-state index contributed by atoms with van der Waals surface area (Å²) in [6.45, 7) is 1.21. The smallest absolute Gasteiger partial charge is 0.209 e. The average molecular weight is 178 g/mol. The monoisotopic (exact) mass is 178 g/mol. The lowest BCUT2D eigenvalue weighted by molar-refractivity contribution is -0.117. The van der Waals surface area contributed by atoms with E-state index in [-0.39, 0.29) is 0 Å². The summed E-state index contributed by atoms with van der Waals surface area (Å²) in [6, 6.07) is 7.94. The second kappa shape index (κ2) is 4.62. The highest BCUT2D eigenvalue weighted by molar-refractivity contribution is 5.46. The molecule has 0 aromatic heterocycles. The molecule has 0 aliphatic heterocycles. The van der Waals surface area contributed by atoms with Crippen molar-refractivity contribution in [2.24, 2.45) is 5.73 Å². The third kappa shape index (κ3) is 2.87. The van der Waals surface area contributed by atoms with Gasteiger partial charge in [-0.3, -0.25) is 4.79 Å². The van der Waals surface area contributed by atoms with E-state index >= 15 is 0 Å². The van der Waals surface area contributed by atoms with Crippen LogP contribution in [0.4, 0.5) is 0 Å². The van der Waals surface area contributed by atoms with Crippen LogP contribution in [0.1, 0.15) is 11.1 Å². The zero-order valence-corrected chi connectivity index (χ0v) is 7.73. The normalized spacial score (nSPS) is 9.69. The molecule has 13 heavy (non-hydrogen) atoms. The number of carbonyl (C=O) groups is 1. The molecule has 0 fully saturated rings. The molecule has 0 atom stereocenters. The summed E-state index contributed by atoms with van der Waals surface area (Å²) >= 11 is 0. The summed E-state index contributed by atoms with van der Waals surface area (Å²) in [5.74, 6) is 0. The highest BCUT2D eigenvalue weighted by Gasteiger charge is 1.96. The van der Waals surface area contributed by atoms with E-state index in [1.54, 1.807) is 11.9 Å². The number of rotatable bonds is 4. The molecule has 3 heteroatoms. The third-order valence-corrected chi connectivity index (χ3v) is 1.87. The summed E-state index contributed by atoms with van der Waals surface area (Å²) in [4.78, 5) is 11.9. The number of hydrogen-bond acceptors (Lipinski definition) is 2. The lowest BCUT2D eigenvalue weighted by Crippen LogP contribution is -2.14. The Hall–Kier alpha value is -1.35. The van der Waals surface area contributed by atoms with Crippen LogP contribution in [0.5, 0.6) is 0 Å². The first-order chi connectivity index (χ1) is 6.26. The number of hydrogen-bond donors (Lipinski definition) is 1. The van der Waals surface area contributed by atoms with Gasteiger partial charge in [0.05, 0.1) is 0 Å². The van der Waals surface area contributed by atoms with Gasteiger partial charge in [-0.2, -0.15) is 0 Å². The van der Waals surface area contributed by atoms with Crippen LogP contribution in [0, 0.1) is 0 Å². The maximum absolute atomic E-state index is 10.3. The van der Waals surface area contributed by atoms with Gasteiger partial charge in [0.15, 0.2) is 0 Å². The van der Waals surface area contributed by atoms with E-state index in [4.69, 9.17) is 5.73 Å². The molecule has 70 valence electrons. The van der Waals surface area contributed by atoms with Gasteiger partial charge < -0.3 is 10.6 Å². The van der Waals surface area contributed by atoms with Gasteiger partial charge in [0, 0.05) is 20.1 Å². The van der Waals surface area contributed by atoms with Gasteiger partial charge in [-0.1, -0.05) is 24.3 Å². The summed E-state index contributed by atoms with van der Waals surface area (Å²) in [6.07, 6.45) is 0.816. The number of nitrogens with two attached hydrogens (primary N) is 1. The second-order valence-corrected chi connectivity index (χ2v) is 3.04. The van der Waals surface area contributed by atoms with Gasteiger partial charge in [0.2, 0.25) is 6.41 Å². The zero-order chi connectivity index (χ0) is 9.68. The second-order valence-electron chi connectivity index (χ2n) is 3.04. The Bertz CT molecular complexity index is 269. The van der Waals surface area contributed by atoms with E-state index in [1.165, 1.54) is 0 Å². The van der Waals surface area contributed by atoms with Gasteiger partial charge in [-0.25, -0.2) is 0 Å². The van der Waals surface area contributed by atoms with Crippen LogP contribution in [0.3, 0.4) is 0 Å². The van der Waals surface area contributed by atoms with Crippen LogP contribution in [0.25, 0.3) is 0 Å². The molecule has 0 saturated carbocycles. The first-order valence-corrected chi connectivity index (χ1v) is 4.19. The molecule has 3 nitrogen and oxygen atoms in total. The molecular weight excluding hydrogens is 164 g/mol. The third-order valence-electron chi connectivity index (χ3n) is 1.87. The maximum atomic E-state index is 10.3. The van der Waals surface area contributed by atoms with Crippen molar-refractivity contribution in [1.29, 1.82) is 0 Å². The van der Waals surface area contributed by atoms with Crippen molar-refractivity contribution in [2.75, 3.05) is 7.05 Å². The van der Waals surface area contributed by atoms with Crippen LogP contribution in [-0.4, -0.2) is 18.4 Å². The molecular formula is C10H14N2O. The van der Waals surface area contributed by atoms with Crippen molar-refractivity contribution < 1.29 is 4.79 Å². The van der Waals surface area contributed by atoms with Crippen LogP contribution >= 0.6 is 0 Å². The molecule has 1 aromatic rings. The number of amides is 1. The first kappa shape index (κ1) is 9.74. The summed E-state index contributed by atoms with van der Waals surface area (Å²) in [7, 11) is 1.75. The van der Waals surface area contributed by atoms with E-state index in [2.05, 4.69) is 0 Å². The number of nitrogens with zero attached hydrogens (tertiary/aromatic N) is 1. The molecule has 0 aliphatic carbocycles. The molecule has 0 spiro atoms. The van der Waals surface area contributed by atoms with E-state index in [0.29, 0.717) is 13.1 Å². The number of carbonyl (C=O) groups excluding carboxylic acids is 1. The minimum atomic E-state index is 0.559. The molecule has 0 aliphatic rings. The summed E-state index contributed by atoms with van der Waals surface area (Å²) < 4.78 is 0. The van der Waals surface area contributed by atoms with Crippen molar-refractivity contribution >= 4 is 6.41 Å². The van der Waals surface area contributed by atoms with Gasteiger partial charge in [0.25, 0.3) is 0 Å². The fourth-order valence-corrected chi connectivity index (χ4v) is 1.11. The van der Waals surface area contributed by atoms with Crippen molar-refractivity contribution in [3.63, 3.8) is 0 Å². The Labute approximate surface area is 78.2 Å². The lowest BCUT2D eigenvalue weighted by atomic mass is 10.1. The van der Waals surface area contributed by atoms with E-state index < -0.39 is 0 Å². The Kier molecular flexibility index (Phi) is 3.46. The fourth-order valence-electron chi connectivity index (χ4n) is 1.11. The van der Waals surface area contributed by atoms with Crippen molar-refractivity contribution in [3.05, 3.63) is 35.4 Å². The van der Waals surface area contributed by atoms with Gasteiger partial charge in [0.1, 0.15) is 0 Å². The minimum absolute atomic E-state index is 0.559. The molecule has 1 amide bonds. The molecule has 0 bridgehead atoms. The predicted octanol–water partition coefficient (Wildman–Crippen LogP) is 0.733. The van der Waals surface area contributed by atoms with E-state index in [9.17, 15) is 4.79 Å². The molecule has 2 N–H and O–H groups in total. The first-order valence-electron chi connectivity index (χ1n) is 4.19. The van der Waals surface area contributed by atoms with Crippen LogP contribution in [0.15, 0.2) is 24.3 Å². The summed E-state index contributed by atoms with van der Waals surface area (Å²) in [5, 5.41) is 0. The molecule has 1 aromatic carbocycles. The van der Waals surface area contributed by atoms with Crippen molar-refractivity contribution in [2.45, 2.75) is 13.1 Å². The minimum Gasteiger partial charge on any atom is -0.344 e. The lowest BCUT2D eigenvalue weighted by Gasteiger charge is -2.10. The highest BCUT2D eigenvalue weighted by atomic mass is 16.1. The van der Waals surface area contributed by atoms with Gasteiger partial charge in [-0.15, -0.1) is 0 Å². The molecule has 1 rings (SSSR count). The standard InChI is InChI=1S/C10H14N2O/c1-12(8-13)7-10-4-2-9(6-11)3-5-10/h2-5,8H,6-7,11H2,1H3. The Morgan fingerprint density at radius 2 is 1.85 bits per heavy atom. The van der Waals surface area contributed by atoms with Crippen LogP contribution in [0.2, 0.25) is 0 Å². The van der Waals surface area contributed by atoms with Crippen molar-refractivity contribution in [1.82, 2.24) is 4.90 Å². The summed E-state index contributed by atoms with van der Waals surface area (Å²) in [5.41, 5.74) is 7.69. The Balaban J connectivity index is 2.63. The van der Waals surface area contributed by atoms with Crippen LogP contribution in [-0.2, 0) is 17.9 Å². The van der Waals surface area contributed by atoms with E-state index in [1.807, 2.05) is 24.3 Å². The predicted molar refractivity (Wildman–Crippen MR) is 51.9 cm³/mol. The van der Waals surface area contributed by atoms with Gasteiger partial charge in [-0.05, 0) is 11.1 Å². The van der Waals surface area contributed by atoms with Gasteiger partial charge >= 0.3 is 0 Å². The average Bonchev–Trinajstić information content (AvgIpc) is 2.19. The van der Waals surface area contributed by atoms with Crippen LogP contribution < -0.4 is 5.73 Å². The van der Waals surface area contributed by atoms with Crippen molar-refractivity contribution in [3.8, 4) is 0 Å². The Morgan fingerprint density at radius 3 is 2.31 bits per heavy atom. The zero-order valence-electron chi connectivity index (χ0n) is 7.73. The highest BCUT2D eigenvalue weighted by Crippen LogP contribution is 2.05. The SMILES string of the molecule is CN(C=O)Cc1ccc(CN)cc1. The Morgan fingerprint density at radius 1 is 1.31 bits per heavy atom. The molecule has 0 unspecified atom stereocenters. The molecule has 0 heterocycles. The maximum Gasteiger partial charge on any atom is 0.209 e. The molecule has 0 radical (unpaired) electrons.